The van der Waals surface area contributed by atoms with Gasteiger partial charge in [0.2, 0.25) is 0 Å². The van der Waals surface area contributed by atoms with E-state index < -0.39 is 0 Å². The van der Waals surface area contributed by atoms with E-state index in [9.17, 15) is 4.79 Å². The predicted molar refractivity (Wildman–Crippen MR) is 93.8 cm³/mol. The highest BCUT2D eigenvalue weighted by molar-refractivity contribution is 7.80. The molecule has 0 bridgehead atoms. The molecule has 1 aromatic carbocycles. The Morgan fingerprint density at radius 3 is 2.70 bits per heavy atom. The lowest BCUT2D eigenvalue weighted by molar-refractivity contribution is 0.0923. The lowest BCUT2D eigenvalue weighted by atomic mass is 10.3. The zero-order valence-corrected chi connectivity index (χ0v) is 14.3. The smallest absolute Gasteiger partial charge is 0.409 e. The Balaban J connectivity index is 1.56. The fourth-order valence-corrected chi connectivity index (χ4v) is 3.19. The van der Waals surface area contributed by atoms with Crippen molar-refractivity contribution in [3.05, 3.63) is 18.2 Å². The van der Waals surface area contributed by atoms with Gasteiger partial charge in [-0.1, -0.05) is 0 Å². The van der Waals surface area contributed by atoms with E-state index in [2.05, 4.69) is 19.0 Å². The largest absolute Gasteiger partial charge is 0.450 e. The van der Waals surface area contributed by atoms with Crippen LogP contribution in [0.1, 0.15) is 6.92 Å². The molecule has 9 heteroatoms. The van der Waals surface area contributed by atoms with Gasteiger partial charge in [0.15, 0.2) is 5.11 Å². The van der Waals surface area contributed by atoms with Gasteiger partial charge in [0.05, 0.1) is 18.3 Å². The van der Waals surface area contributed by atoms with E-state index in [1.807, 2.05) is 25.1 Å². The number of benzene rings is 1. The molecular weight excluding hydrogens is 334 g/mol. The molecule has 23 heavy (non-hydrogen) atoms. The van der Waals surface area contributed by atoms with Gasteiger partial charge < -0.3 is 19.9 Å². The lowest BCUT2D eigenvalue weighted by Gasteiger charge is -2.35. The number of carbonyl (C=O) groups excluding carboxylic acids is 1. The zero-order chi connectivity index (χ0) is 16.2. The summed E-state index contributed by atoms with van der Waals surface area (Å²) in [7, 11) is 0. The first-order valence-corrected chi connectivity index (χ1v) is 8.51. The summed E-state index contributed by atoms with van der Waals surface area (Å²) in [5, 5.41) is 3.87. The number of nitrogens with one attached hydrogen (secondary N) is 1. The molecule has 0 aliphatic carbocycles. The number of amides is 1. The maximum Gasteiger partial charge on any atom is 0.409 e. The standard InChI is InChI=1S/C14H17N5O2S2/c1-2-21-14(20)19-7-5-18(6-8-19)13(22)15-10-3-4-11-12(9-10)17-23-16-11/h3-4,9H,2,5-8H2,1H3,(H,15,22). The Kier molecular flexibility index (Phi) is 4.87. The minimum Gasteiger partial charge on any atom is -0.450 e. The van der Waals surface area contributed by atoms with Gasteiger partial charge in [-0.2, -0.15) is 8.75 Å². The number of hydrogen-bond acceptors (Lipinski definition) is 6. The summed E-state index contributed by atoms with van der Waals surface area (Å²) in [4.78, 5) is 15.4. The van der Waals surface area contributed by atoms with Crippen molar-refractivity contribution in [3.8, 4) is 0 Å². The predicted octanol–water partition coefficient (Wildman–Crippen LogP) is 2.16. The van der Waals surface area contributed by atoms with Crippen LogP contribution in [0, 0.1) is 0 Å². The molecule has 1 fully saturated rings. The third-order valence-corrected chi connectivity index (χ3v) is 4.51. The van der Waals surface area contributed by atoms with Gasteiger partial charge in [-0.15, -0.1) is 0 Å². The van der Waals surface area contributed by atoms with Gasteiger partial charge in [-0.25, -0.2) is 4.79 Å². The van der Waals surface area contributed by atoms with Gasteiger partial charge in [-0.05, 0) is 37.3 Å². The first kappa shape index (κ1) is 15.9. The molecule has 7 nitrogen and oxygen atoms in total. The van der Waals surface area contributed by atoms with Crippen LogP contribution < -0.4 is 5.32 Å². The molecule has 0 saturated carbocycles. The fraction of sp³-hybridized carbons (Fsp3) is 0.429. The molecule has 2 heterocycles. The monoisotopic (exact) mass is 351 g/mol. The van der Waals surface area contributed by atoms with Gasteiger partial charge in [0, 0.05) is 31.9 Å². The van der Waals surface area contributed by atoms with E-state index in [1.165, 1.54) is 11.7 Å². The van der Waals surface area contributed by atoms with Gasteiger partial charge in [0.25, 0.3) is 0 Å². The molecule has 122 valence electrons. The quantitative estimate of drug-likeness (QED) is 0.831. The minimum absolute atomic E-state index is 0.257. The van der Waals surface area contributed by atoms with Crippen LogP contribution in [0.25, 0.3) is 11.0 Å². The van der Waals surface area contributed by atoms with Crippen LogP contribution in [0.2, 0.25) is 0 Å². The highest BCUT2D eigenvalue weighted by Crippen LogP contribution is 2.18. The average Bonchev–Trinajstić information content (AvgIpc) is 3.03. The molecule has 0 unspecified atom stereocenters. The number of fused-ring (bicyclic) bond motifs is 1. The highest BCUT2D eigenvalue weighted by atomic mass is 32.1. The van der Waals surface area contributed by atoms with Crippen LogP contribution >= 0.6 is 23.9 Å². The molecule has 1 aliphatic rings. The number of nitrogens with zero attached hydrogens (tertiary/aromatic N) is 4. The number of anilines is 1. The second-order valence-corrected chi connectivity index (χ2v) is 5.99. The first-order chi connectivity index (χ1) is 11.2. The second-order valence-electron chi connectivity index (χ2n) is 5.07. The number of rotatable bonds is 2. The van der Waals surface area contributed by atoms with Crippen molar-refractivity contribution in [2.45, 2.75) is 6.92 Å². The lowest BCUT2D eigenvalue weighted by Crippen LogP contribution is -2.51. The number of ether oxygens (including phenoxy) is 1. The summed E-state index contributed by atoms with van der Waals surface area (Å²) in [6, 6.07) is 5.79. The van der Waals surface area contributed by atoms with Crippen molar-refractivity contribution in [1.29, 1.82) is 0 Å². The van der Waals surface area contributed by atoms with E-state index in [-0.39, 0.29) is 6.09 Å². The summed E-state index contributed by atoms with van der Waals surface area (Å²) >= 11 is 6.66. The first-order valence-electron chi connectivity index (χ1n) is 7.37. The molecule has 1 amide bonds. The van der Waals surface area contributed by atoms with E-state index in [4.69, 9.17) is 17.0 Å². The molecule has 3 rings (SSSR count). The van der Waals surface area contributed by atoms with Crippen LogP contribution in [-0.4, -0.2) is 62.5 Å². The Morgan fingerprint density at radius 2 is 1.96 bits per heavy atom. The maximum atomic E-state index is 11.7. The van der Waals surface area contributed by atoms with Crippen molar-refractivity contribution < 1.29 is 9.53 Å². The number of piperazine rings is 1. The Bertz CT molecular complexity index is 712. The fourth-order valence-electron chi connectivity index (χ4n) is 2.37. The summed E-state index contributed by atoms with van der Waals surface area (Å²) < 4.78 is 13.4. The minimum atomic E-state index is -0.257. The normalized spacial score (nSPS) is 14.8. The van der Waals surface area contributed by atoms with Gasteiger partial charge in [-0.3, -0.25) is 0 Å². The van der Waals surface area contributed by atoms with Crippen molar-refractivity contribution in [1.82, 2.24) is 18.5 Å². The van der Waals surface area contributed by atoms with Crippen molar-refractivity contribution in [3.63, 3.8) is 0 Å². The second kappa shape index (κ2) is 7.05. The molecular formula is C14H17N5O2S2. The highest BCUT2D eigenvalue weighted by Gasteiger charge is 2.23. The number of hydrogen-bond donors (Lipinski definition) is 1. The van der Waals surface area contributed by atoms with Crippen LogP contribution in [-0.2, 0) is 4.74 Å². The number of thiocarbonyl (C=S) groups is 1. The van der Waals surface area contributed by atoms with Crippen molar-refractivity contribution in [2.75, 3.05) is 38.1 Å². The van der Waals surface area contributed by atoms with Crippen LogP contribution in [0.4, 0.5) is 10.5 Å². The third kappa shape index (κ3) is 3.67. The molecule has 0 radical (unpaired) electrons. The van der Waals surface area contributed by atoms with E-state index in [0.717, 1.165) is 16.7 Å². The SMILES string of the molecule is CCOC(=O)N1CCN(C(=S)Nc2ccc3nsnc3c2)CC1. The summed E-state index contributed by atoms with van der Waals surface area (Å²) in [5.74, 6) is 0. The van der Waals surface area contributed by atoms with Crippen LogP contribution in [0.15, 0.2) is 18.2 Å². The van der Waals surface area contributed by atoms with E-state index >= 15 is 0 Å². The third-order valence-electron chi connectivity index (χ3n) is 3.60. The molecule has 0 spiro atoms. The Morgan fingerprint density at radius 1 is 1.26 bits per heavy atom. The summed E-state index contributed by atoms with van der Waals surface area (Å²) in [6.45, 7) is 4.79. The number of carbonyl (C=O) groups is 1. The van der Waals surface area contributed by atoms with Gasteiger partial charge >= 0.3 is 6.09 Å². The van der Waals surface area contributed by atoms with Crippen LogP contribution in [0.5, 0.6) is 0 Å². The molecule has 0 atom stereocenters. The van der Waals surface area contributed by atoms with E-state index in [0.29, 0.717) is 37.9 Å². The van der Waals surface area contributed by atoms with Crippen LogP contribution in [0.3, 0.4) is 0 Å². The van der Waals surface area contributed by atoms with Crippen molar-refractivity contribution >= 4 is 51.9 Å². The number of aromatic nitrogens is 2. The van der Waals surface area contributed by atoms with Crippen molar-refractivity contribution in [2.24, 2.45) is 0 Å². The molecule has 1 aliphatic heterocycles. The molecule has 2 aromatic rings. The average molecular weight is 351 g/mol. The molecule has 1 aromatic heterocycles. The van der Waals surface area contributed by atoms with Gasteiger partial charge in [0.1, 0.15) is 11.0 Å². The zero-order valence-electron chi connectivity index (χ0n) is 12.7. The Hall–Kier alpha value is -2.00. The topological polar surface area (TPSA) is 70.6 Å². The Labute approximate surface area is 143 Å². The summed E-state index contributed by atoms with van der Waals surface area (Å²) in [5.41, 5.74) is 2.63. The summed E-state index contributed by atoms with van der Waals surface area (Å²) in [6.07, 6.45) is -0.257. The maximum absolute atomic E-state index is 11.7. The molecule has 1 N–H and O–H groups in total. The molecule has 1 saturated heterocycles. The van der Waals surface area contributed by atoms with E-state index in [1.54, 1.807) is 4.90 Å².